The molecule has 1 saturated heterocycles. The van der Waals surface area contributed by atoms with Gasteiger partial charge in [0.15, 0.2) is 0 Å². The minimum Gasteiger partial charge on any atom is -0.493 e. The highest BCUT2D eigenvalue weighted by atomic mass is 16.5. The highest BCUT2D eigenvalue weighted by Gasteiger charge is 2.31. The first kappa shape index (κ1) is 15.8. The van der Waals surface area contributed by atoms with Crippen molar-refractivity contribution >= 4 is 17.5 Å². The second kappa shape index (κ2) is 7.02. The van der Waals surface area contributed by atoms with Crippen molar-refractivity contribution in [2.75, 3.05) is 18.5 Å². The van der Waals surface area contributed by atoms with Crippen LogP contribution in [0.4, 0.5) is 5.69 Å². The van der Waals surface area contributed by atoms with Crippen LogP contribution in [0.2, 0.25) is 0 Å². The molecule has 1 saturated carbocycles. The van der Waals surface area contributed by atoms with Crippen molar-refractivity contribution < 1.29 is 14.3 Å². The molecule has 1 aromatic rings. The summed E-state index contributed by atoms with van der Waals surface area (Å²) in [5, 5.41) is 2.91. The largest absolute Gasteiger partial charge is 0.493 e. The van der Waals surface area contributed by atoms with Gasteiger partial charge in [-0.15, -0.1) is 0 Å². The number of hydrogen-bond acceptors (Lipinski definition) is 3. The van der Waals surface area contributed by atoms with E-state index in [9.17, 15) is 9.59 Å². The number of nitrogens with one attached hydrogen (secondary N) is 1. The lowest BCUT2D eigenvalue weighted by Crippen LogP contribution is -2.44. The molecule has 1 atom stereocenters. The molecule has 1 N–H and O–H groups in total. The van der Waals surface area contributed by atoms with Crippen LogP contribution in [0.15, 0.2) is 24.3 Å². The number of rotatable bonds is 7. The van der Waals surface area contributed by atoms with Gasteiger partial charge in [0.05, 0.1) is 6.61 Å². The minimum absolute atomic E-state index is 0.0795. The monoisotopic (exact) mass is 316 g/mol. The standard InChI is InChI=1S/C18H24N2O3/c1-2-16(20-11-3-4-17(20)21)18(22)19-14-7-9-15(10-8-14)23-12-13-5-6-13/h7-10,13,16H,2-6,11-12H2,1H3,(H,19,22). The molecule has 124 valence electrons. The molecule has 1 unspecified atom stereocenters. The molecular weight excluding hydrogens is 292 g/mol. The third-order valence-corrected chi connectivity index (χ3v) is 4.48. The maximum Gasteiger partial charge on any atom is 0.247 e. The molecule has 23 heavy (non-hydrogen) atoms. The molecule has 1 aromatic carbocycles. The van der Waals surface area contributed by atoms with E-state index in [1.807, 2.05) is 31.2 Å². The summed E-state index contributed by atoms with van der Waals surface area (Å²) < 4.78 is 5.69. The van der Waals surface area contributed by atoms with Gasteiger partial charge in [-0.3, -0.25) is 9.59 Å². The van der Waals surface area contributed by atoms with Crippen molar-refractivity contribution in [3.8, 4) is 5.75 Å². The predicted octanol–water partition coefficient (Wildman–Crippen LogP) is 2.81. The Kier molecular flexibility index (Phi) is 4.84. The van der Waals surface area contributed by atoms with Gasteiger partial charge in [-0.05, 0) is 55.9 Å². The van der Waals surface area contributed by atoms with Crippen LogP contribution in [-0.4, -0.2) is 35.9 Å². The fourth-order valence-corrected chi connectivity index (χ4v) is 2.90. The van der Waals surface area contributed by atoms with Crippen molar-refractivity contribution in [3.05, 3.63) is 24.3 Å². The lowest BCUT2D eigenvalue weighted by atomic mass is 10.1. The van der Waals surface area contributed by atoms with Crippen LogP contribution in [0.5, 0.6) is 5.75 Å². The summed E-state index contributed by atoms with van der Waals surface area (Å²) in [6.45, 7) is 3.39. The third kappa shape index (κ3) is 4.03. The van der Waals surface area contributed by atoms with Crippen molar-refractivity contribution in [3.63, 3.8) is 0 Å². The molecule has 2 aliphatic rings. The Bertz CT molecular complexity index is 566. The summed E-state index contributed by atoms with van der Waals surface area (Å²) in [6.07, 6.45) is 4.55. The highest BCUT2D eigenvalue weighted by Crippen LogP contribution is 2.29. The molecule has 1 aliphatic carbocycles. The first-order chi connectivity index (χ1) is 11.2. The van der Waals surface area contributed by atoms with Gasteiger partial charge in [0, 0.05) is 18.7 Å². The van der Waals surface area contributed by atoms with Crippen LogP contribution in [0.3, 0.4) is 0 Å². The maximum atomic E-state index is 12.4. The second-order valence-corrected chi connectivity index (χ2v) is 6.38. The van der Waals surface area contributed by atoms with Crippen molar-refractivity contribution in [2.45, 2.75) is 45.1 Å². The molecule has 0 aromatic heterocycles. The Balaban J connectivity index is 1.56. The molecule has 2 fully saturated rings. The van der Waals surface area contributed by atoms with Crippen molar-refractivity contribution in [1.29, 1.82) is 0 Å². The zero-order valence-electron chi connectivity index (χ0n) is 13.6. The van der Waals surface area contributed by atoms with Gasteiger partial charge in [-0.1, -0.05) is 6.92 Å². The molecule has 1 aliphatic heterocycles. The molecule has 5 nitrogen and oxygen atoms in total. The number of amides is 2. The fraction of sp³-hybridized carbons (Fsp3) is 0.556. The van der Waals surface area contributed by atoms with Crippen LogP contribution in [0.25, 0.3) is 0 Å². The summed E-state index contributed by atoms with van der Waals surface area (Å²) in [4.78, 5) is 26.0. The Morgan fingerprint density at radius 2 is 2.09 bits per heavy atom. The van der Waals surface area contributed by atoms with E-state index in [1.165, 1.54) is 12.8 Å². The number of carbonyl (C=O) groups excluding carboxylic acids is 2. The average Bonchev–Trinajstić information content (AvgIpc) is 3.29. The Hall–Kier alpha value is -2.04. The van der Waals surface area contributed by atoms with Gasteiger partial charge in [-0.25, -0.2) is 0 Å². The molecule has 0 radical (unpaired) electrons. The van der Waals surface area contributed by atoms with Crippen molar-refractivity contribution in [2.24, 2.45) is 5.92 Å². The van der Waals surface area contributed by atoms with E-state index in [1.54, 1.807) is 4.90 Å². The molecule has 2 amide bonds. The summed E-state index contributed by atoms with van der Waals surface area (Å²) in [7, 11) is 0. The minimum atomic E-state index is -0.379. The first-order valence-corrected chi connectivity index (χ1v) is 8.50. The molecule has 0 spiro atoms. The van der Waals surface area contributed by atoms with Crippen LogP contribution < -0.4 is 10.1 Å². The number of likely N-dealkylation sites (tertiary alicyclic amines) is 1. The predicted molar refractivity (Wildman–Crippen MR) is 88.3 cm³/mol. The Morgan fingerprint density at radius 1 is 1.35 bits per heavy atom. The highest BCUT2D eigenvalue weighted by molar-refractivity contribution is 5.97. The lowest BCUT2D eigenvalue weighted by Gasteiger charge is -2.25. The van der Waals surface area contributed by atoms with E-state index in [-0.39, 0.29) is 17.9 Å². The van der Waals surface area contributed by atoms with Gasteiger partial charge in [0.1, 0.15) is 11.8 Å². The van der Waals surface area contributed by atoms with E-state index >= 15 is 0 Å². The second-order valence-electron chi connectivity index (χ2n) is 6.38. The summed E-state index contributed by atoms with van der Waals surface area (Å²) in [5.74, 6) is 1.51. The van der Waals surface area contributed by atoms with Gasteiger partial charge < -0.3 is 15.0 Å². The van der Waals surface area contributed by atoms with Crippen LogP contribution in [0.1, 0.15) is 39.0 Å². The smallest absolute Gasteiger partial charge is 0.247 e. The number of nitrogens with zero attached hydrogens (tertiary/aromatic N) is 1. The van der Waals surface area contributed by atoms with Gasteiger partial charge >= 0.3 is 0 Å². The van der Waals surface area contributed by atoms with E-state index < -0.39 is 0 Å². The van der Waals surface area contributed by atoms with Crippen LogP contribution >= 0.6 is 0 Å². The maximum absolute atomic E-state index is 12.4. The topological polar surface area (TPSA) is 58.6 Å². The fourth-order valence-electron chi connectivity index (χ4n) is 2.90. The SMILES string of the molecule is CCC(C(=O)Nc1ccc(OCC2CC2)cc1)N1CCCC1=O. The number of ether oxygens (including phenoxy) is 1. The molecule has 5 heteroatoms. The van der Waals surface area contributed by atoms with Gasteiger partial charge in [0.25, 0.3) is 0 Å². The number of hydrogen-bond donors (Lipinski definition) is 1. The number of benzene rings is 1. The Labute approximate surface area is 137 Å². The van der Waals surface area contributed by atoms with E-state index in [2.05, 4.69) is 5.32 Å². The quantitative estimate of drug-likeness (QED) is 0.841. The molecule has 0 bridgehead atoms. The van der Waals surface area contributed by atoms with Crippen LogP contribution in [0, 0.1) is 5.92 Å². The summed E-state index contributed by atoms with van der Waals surface area (Å²) in [5.41, 5.74) is 0.735. The van der Waals surface area contributed by atoms with Gasteiger partial charge in [0.2, 0.25) is 11.8 Å². The van der Waals surface area contributed by atoms with E-state index in [0.717, 1.165) is 30.4 Å². The molecular formula is C18H24N2O3. The molecule has 1 heterocycles. The zero-order valence-corrected chi connectivity index (χ0v) is 13.6. The van der Waals surface area contributed by atoms with Crippen molar-refractivity contribution in [1.82, 2.24) is 4.90 Å². The summed E-state index contributed by atoms with van der Waals surface area (Å²) >= 11 is 0. The number of carbonyl (C=O) groups is 2. The number of anilines is 1. The first-order valence-electron chi connectivity index (χ1n) is 8.50. The lowest BCUT2D eigenvalue weighted by molar-refractivity contribution is -0.135. The Morgan fingerprint density at radius 3 is 2.65 bits per heavy atom. The molecule has 3 rings (SSSR count). The van der Waals surface area contributed by atoms with Crippen LogP contribution in [-0.2, 0) is 9.59 Å². The van der Waals surface area contributed by atoms with Gasteiger partial charge in [-0.2, -0.15) is 0 Å². The third-order valence-electron chi connectivity index (χ3n) is 4.48. The van der Waals surface area contributed by atoms with E-state index in [4.69, 9.17) is 4.74 Å². The average molecular weight is 316 g/mol. The van der Waals surface area contributed by atoms with E-state index in [0.29, 0.717) is 19.4 Å². The summed E-state index contributed by atoms with van der Waals surface area (Å²) in [6, 6.07) is 7.06. The normalized spacial score (nSPS) is 18.8. The zero-order chi connectivity index (χ0) is 16.2.